The number of hydrogen-bond acceptors (Lipinski definition) is 5. The first kappa shape index (κ1) is 48.8. The highest BCUT2D eigenvalue weighted by Gasteiger charge is 2.25. The fourth-order valence-electron chi connectivity index (χ4n) is 4.68. The summed E-state index contributed by atoms with van der Waals surface area (Å²) in [7, 11) is 0. The number of carbonyl (C=O) groups excluding carboxylic acids is 2. The van der Waals surface area contributed by atoms with Gasteiger partial charge in [0.05, 0.1) is 0 Å². The van der Waals surface area contributed by atoms with Crippen molar-refractivity contribution in [3.63, 3.8) is 0 Å². The second-order valence-corrected chi connectivity index (χ2v) is 11.2. The summed E-state index contributed by atoms with van der Waals surface area (Å²) in [6.45, 7) is 23.7. The van der Waals surface area contributed by atoms with Crippen molar-refractivity contribution in [2.75, 3.05) is 6.54 Å². The third-order valence-electron chi connectivity index (χ3n) is 7.28. The van der Waals surface area contributed by atoms with Crippen LogP contribution < -0.4 is 16.2 Å². The zero-order chi connectivity index (χ0) is 37.2. The number of nitrogens with two attached hydrogens (primary N) is 2. The van der Waals surface area contributed by atoms with E-state index in [0.29, 0.717) is 19.1 Å². The van der Waals surface area contributed by atoms with E-state index in [0.717, 1.165) is 43.3 Å². The van der Waals surface area contributed by atoms with Gasteiger partial charge < -0.3 is 25.8 Å². The summed E-state index contributed by atoms with van der Waals surface area (Å²) in [6.07, 6.45) is 10.4. The van der Waals surface area contributed by atoms with Crippen LogP contribution in [0.5, 0.6) is 5.75 Å². The Kier molecular flexibility index (Phi) is 33.8. The molecule has 0 saturated heterocycles. The van der Waals surface area contributed by atoms with Crippen molar-refractivity contribution in [1.29, 1.82) is 0 Å². The topological polar surface area (TPSA) is 95.4 Å². The first-order valence-corrected chi connectivity index (χ1v) is 17.5. The Balaban J connectivity index is -0.000000578. The molecule has 1 fully saturated rings. The largest absolute Gasteiger partial charge is 0.489 e. The second-order valence-electron chi connectivity index (χ2n) is 11.2. The molecule has 1 aliphatic carbocycles. The summed E-state index contributed by atoms with van der Waals surface area (Å²) in [4.78, 5) is 18.3. The van der Waals surface area contributed by atoms with Gasteiger partial charge in [-0.2, -0.15) is 0 Å². The maximum atomic E-state index is 12.7. The van der Waals surface area contributed by atoms with Crippen molar-refractivity contribution >= 4 is 13.1 Å². The fourth-order valence-corrected chi connectivity index (χ4v) is 4.68. The molecule has 1 atom stereocenters. The van der Waals surface area contributed by atoms with Gasteiger partial charge in [0, 0.05) is 18.0 Å². The molecular weight excluding hydrogens is 599 g/mol. The maximum absolute atomic E-state index is 12.7. The van der Waals surface area contributed by atoms with Gasteiger partial charge in [0.1, 0.15) is 31.2 Å². The summed E-state index contributed by atoms with van der Waals surface area (Å²) in [5.41, 5.74) is 15.1. The predicted molar refractivity (Wildman–Crippen MR) is 206 cm³/mol. The van der Waals surface area contributed by atoms with Gasteiger partial charge >= 0.3 is 0 Å². The first-order valence-electron chi connectivity index (χ1n) is 17.5. The molecule has 3 aromatic rings. The highest BCUT2D eigenvalue weighted by molar-refractivity contribution is 5.54. The summed E-state index contributed by atoms with van der Waals surface area (Å²) in [5.74, 6) is 1.38. The van der Waals surface area contributed by atoms with Crippen LogP contribution in [0.15, 0.2) is 92.0 Å². The molecule has 0 amide bonds. The smallest absolute Gasteiger partial charge is 0.124 e. The van der Waals surface area contributed by atoms with Crippen molar-refractivity contribution in [3.8, 4) is 5.75 Å². The summed E-state index contributed by atoms with van der Waals surface area (Å²) in [5, 5.41) is 0. The van der Waals surface area contributed by atoms with Crippen molar-refractivity contribution < 1.29 is 18.7 Å². The van der Waals surface area contributed by atoms with Gasteiger partial charge in [-0.3, -0.25) is 0 Å². The standard InChI is InChI=1S/C14H13FO.C13H21N.C7H13NO.C3H8.C2H6.C2H4.CH2O/c1-11-2-8-14(9-3-11)16-10-12-4-6-13(15)7-5-12;1-3-10-13(14,11-4-2)12-8-6-5-7-9-12;8-4-7(5-9)6-2-1-3-6;1-3-2;3*1-2/h2-9H,10H2,1H3;5-9H,3-4,10-11,14H2,1-2H3;5-7H,1-4,8H2;3H2,1-2H3;1-2H3;1-2H2;1H2. The number of benzene rings is 3. The van der Waals surface area contributed by atoms with Gasteiger partial charge in [0.2, 0.25) is 0 Å². The molecule has 0 aromatic heterocycles. The van der Waals surface area contributed by atoms with Gasteiger partial charge in [0.25, 0.3) is 0 Å². The van der Waals surface area contributed by atoms with E-state index >= 15 is 0 Å². The van der Waals surface area contributed by atoms with Crippen molar-refractivity contribution in [2.45, 2.75) is 112 Å². The summed E-state index contributed by atoms with van der Waals surface area (Å²) < 4.78 is 18.2. The molecule has 4 rings (SSSR count). The van der Waals surface area contributed by atoms with E-state index in [9.17, 15) is 9.18 Å². The predicted octanol–water partition coefficient (Wildman–Crippen LogP) is 10.8. The minimum atomic E-state index is -0.223. The molecule has 4 N–H and O–H groups in total. The Bertz CT molecular complexity index is 1050. The van der Waals surface area contributed by atoms with Crippen LogP contribution in [0.1, 0.15) is 110 Å². The fraction of sp³-hybridized carbons (Fsp3) is 0.476. The summed E-state index contributed by atoms with van der Waals surface area (Å²) in [6, 6.07) is 24.7. The SMILES string of the molecule is C=C.C=O.CC.CCC.CCCC(N)(CCC)c1ccccc1.Cc1ccc(OCc2ccc(F)cc2)cc1.NCC(C=O)C1CCC1. The van der Waals surface area contributed by atoms with E-state index in [4.69, 9.17) is 21.0 Å². The Morgan fingerprint density at radius 2 is 1.35 bits per heavy atom. The lowest BCUT2D eigenvalue weighted by molar-refractivity contribution is -0.113. The number of ether oxygens (including phenoxy) is 1. The normalized spacial score (nSPS) is 11.7. The maximum Gasteiger partial charge on any atom is 0.124 e. The number of aldehydes is 1. The van der Waals surface area contributed by atoms with E-state index < -0.39 is 0 Å². The van der Waals surface area contributed by atoms with Crippen LogP contribution in [-0.2, 0) is 21.7 Å². The molecule has 0 radical (unpaired) electrons. The zero-order valence-corrected chi connectivity index (χ0v) is 31.2. The van der Waals surface area contributed by atoms with Gasteiger partial charge in [-0.05, 0) is 73.9 Å². The van der Waals surface area contributed by atoms with Gasteiger partial charge in [0.15, 0.2) is 0 Å². The van der Waals surface area contributed by atoms with E-state index in [1.807, 2.05) is 57.9 Å². The number of halogens is 1. The number of rotatable bonds is 11. The lowest BCUT2D eigenvalue weighted by Crippen LogP contribution is -2.36. The van der Waals surface area contributed by atoms with Crippen LogP contribution in [-0.4, -0.2) is 19.6 Å². The lowest BCUT2D eigenvalue weighted by atomic mass is 9.76. The number of aryl methyl sites for hydroxylation is 1. The quantitative estimate of drug-likeness (QED) is 0.157. The van der Waals surface area contributed by atoms with Gasteiger partial charge in [-0.25, -0.2) is 4.39 Å². The Morgan fingerprint density at radius 1 is 0.875 bits per heavy atom. The van der Waals surface area contributed by atoms with Crippen LogP contribution in [0, 0.1) is 24.6 Å². The van der Waals surface area contributed by atoms with Crippen molar-refractivity contribution in [2.24, 2.45) is 23.3 Å². The highest BCUT2D eigenvalue weighted by atomic mass is 19.1. The molecule has 270 valence electrons. The molecule has 5 nitrogen and oxygen atoms in total. The molecule has 0 bridgehead atoms. The third kappa shape index (κ3) is 22.0. The van der Waals surface area contributed by atoms with Crippen LogP contribution in [0.3, 0.4) is 0 Å². The Labute approximate surface area is 293 Å². The minimum absolute atomic E-state index is 0.106. The molecule has 0 heterocycles. The third-order valence-corrected chi connectivity index (χ3v) is 7.28. The molecule has 1 saturated carbocycles. The van der Waals surface area contributed by atoms with E-state index in [1.165, 1.54) is 48.9 Å². The molecule has 3 aromatic carbocycles. The average Bonchev–Trinajstić information content (AvgIpc) is 3.11. The average molecular weight is 667 g/mol. The van der Waals surface area contributed by atoms with Crippen LogP contribution >= 0.6 is 0 Å². The van der Waals surface area contributed by atoms with Gasteiger partial charge in [-0.1, -0.05) is 127 Å². The van der Waals surface area contributed by atoms with E-state index in [1.54, 1.807) is 12.1 Å². The molecule has 1 aliphatic rings. The molecule has 1 unspecified atom stereocenters. The number of hydrogen-bond donors (Lipinski definition) is 2. The Morgan fingerprint density at radius 3 is 1.71 bits per heavy atom. The minimum Gasteiger partial charge on any atom is -0.489 e. The molecular formula is C42H67FN2O3. The zero-order valence-electron chi connectivity index (χ0n) is 31.2. The molecule has 0 aliphatic heterocycles. The number of carbonyl (C=O) groups is 2. The van der Waals surface area contributed by atoms with Crippen molar-refractivity contribution in [3.05, 3.63) is 115 Å². The summed E-state index contributed by atoms with van der Waals surface area (Å²) >= 11 is 0. The second kappa shape index (κ2) is 33.3. The van der Waals surface area contributed by atoms with Crippen LogP contribution in [0.2, 0.25) is 0 Å². The molecule has 0 spiro atoms. The van der Waals surface area contributed by atoms with Crippen molar-refractivity contribution in [1.82, 2.24) is 0 Å². The highest BCUT2D eigenvalue weighted by Crippen LogP contribution is 2.31. The van der Waals surface area contributed by atoms with Crippen LogP contribution in [0.4, 0.5) is 4.39 Å². The van der Waals surface area contributed by atoms with E-state index in [2.05, 4.69) is 65.1 Å². The van der Waals surface area contributed by atoms with Gasteiger partial charge in [-0.15, -0.1) is 13.2 Å². The lowest BCUT2D eigenvalue weighted by Gasteiger charge is -2.29. The molecule has 48 heavy (non-hydrogen) atoms. The van der Waals surface area contributed by atoms with Crippen LogP contribution in [0.25, 0.3) is 0 Å². The Hall–Kier alpha value is -3.61. The molecule has 6 heteroatoms. The van der Waals surface area contributed by atoms with E-state index in [-0.39, 0.29) is 17.3 Å². The first-order chi connectivity index (χ1) is 23.3. The monoisotopic (exact) mass is 667 g/mol.